The van der Waals surface area contributed by atoms with Crippen molar-refractivity contribution in [1.29, 1.82) is 0 Å². The van der Waals surface area contributed by atoms with E-state index in [4.69, 9.17) is 9.47 Å². The summed E-state index contributed by atoms with van der Waals surface area (Å²) in [6.45, 7) is 5.70. The van der Waals surface area contributed by atoms with Gasteiger partial charge in [0.25, 0.3) is 0 Å². The number of hydrogen-bond donors (Lipinski definition) is 0. The third-order valence-corrected chi connectivity index (χ3v) is 3.54. The van der Waals surface area contributed by atoms with Gasteiger partial charge in [0.2, 0.25) is 0 Å². The van der Waals surface area contributed by atoms with E-state index >= 15 is 0 Å². The molecule has 15 heavy (non-hydrogen) atoms. The number of carbonyl (C=O) groups excluding carboxylic acids is 1. The van der Waals surface area contributed by atoms with E-state index < -0.39 is 5.79 Å². The Labute approximate surface area is 89.5 Å². The van der Waals surface area contributed by atoms with E-state index in [2.05, 4.69) is 4.90 Å². The highest BCUT2D eigenvalue weighted by Crippen LogP contribution is 2.38. The minimum atomic E-state index is -0.515. The van der Waals surface area contributed by atoms with Crippen molar-refractivity contribution in [3.63, 3.8) is 0 Å². The number of Topliss-reactive ketones (excluding diaryl/α,β-unsaturated/α-hetero) is 1. The maximum absolute atomic E-state index is 11.9. The fourth-order valence-electron chi connectivity index (χ4n) is 3.05. The van der Waals surface area contributed by atoms with Crippen molar-refractivity contribution >= 4 is 5.78 Å². The monoisotopic (exact) mass is 211 g/mol. The Morgan fingerprint density at radius 1 is 1.40 bits per heavy atom. The smallest absolute Gasteiger partial charge is 0.163 e. The molecule has 0 saturated carbocycles. The molecule has 0 aromatic heterocycles. The molecule has 3 aliphatic heterocycles. The second-order valence-corrected chi connectivity index (χ2v) is 5.15. The number of piperidine rings is 1. The highest BCUT2D eigenvalue weighted by molar-refractivity contribution is 5.86. The average Bonchev–Trinajstić information content (AvgIpc) is 2.56. The molecule has 3 heterocycles. The molecule has 84 valence electrons. The lowest BCUT2D eigenvalue weighted by Gasteiger charge is -2.31. The van der Waals surface area contributed by atoms with Crippen LogP contribution in [0.4, 0.5) is 0 Å². The molecule has 3 aliphatic rings. The minimum absolute atomic E-state index is 0.0344. The number of fused-ring (bicyclic) bond motifs is 3. The first-order valence-electron chi connectivity index (χ1n) is 5.69. The molecule has 3 rings (SSSR count). The van der Waals surface area contributed by atoms with Gasteiger partial charge in [0.15, 0.2) is 11.6 Å². The molecule has 3 fully saturated rings. The standard InChI is InChI=1S/C11H17NO3/c1-11(2)14-8-6-12-5-3-4-7(13)9(12)10(8)15-11/h8-10H,3-6H2,1-2H3/t8-,9-,10-/m1/s1. The molecule has 4 heteroatoms. The van der Waals surface area contributed by atoms with Crippen LogP contribution in [0.15, 0.2) is 0 Å². The number of hydrogen-bond acceptors (Lipinski definition) is 4. The number of ketones is 1. The van der Waals surface area contributed by atoms with Crippen molar-refractivity contribution in [3.8, 4) is 0 Å². The van der Waals surface area contributed by atoms with Crippen molar-refractivity contribution in [3.05, 3.63) is 0 Å². The van der Waals surface area contributed by atoms with Crippen molar-refractivity contribution in [2.24, 2.45) is 0 Å². The van der Waals surface area contributed by atoms with Gasteiger partial charge in [-0.05, 0) is 26.8 Å². The maximum atomic E-state index is 11.9. The molecule has 0 radical (unpaired) electrons. The summed E-state index contributed by atoms with van der Waals surface area (Å²) < 4.78 is 11.6. The first-order chi connectivity index (χ1) is 7.07. The van der Waals surface area contributed by atoms with Gasteiger partial charge in [0.05, 0.1) is 6.04 Å². The Hall–Kier alpha value is -0.450. The first kappa shape index (κ1) is 9.75. The van der Waals surface area contributed by atoms with Gasteiger partial charge in [-0.1, -0.05) is 0 Å². The molecule has 0 bridgehead atoms. The van der Waals surface area contributed by atoms with E-state index in [0.717, 1.165) is 19.5 Å². The summed E-state index contributed by atoms with van der Waals surface area (Å²) in [5, 5.41) is 0. The summed E-state index contributed by atoms with van der Waals surface area (Å²) in [5.74, 6) is -0.186. The molecule has 3 saturated heterocycles. The summed E-state index contributed by atoms with van der Waals surface area (Å²) in [6.07, 6.45) is 1.74. The predicted octanol–water partition coefficient (Wildman–Crippen LogP) is 0.554. The zero-order chi connectivity index (χ0) is 10.6. The summed E-state index contributed by atoms with van der Waals surface area (Å²) in [5.41, 5.74) is 0. The summed E-state index contributed by atoms with van der Waals surface area (Å²) >= 11 is 0. The van der Waals surface area contributed by atoms with Crippen LogP contribution in [0, 0.1) is 0 Å². The van der Waals surface area contributed by atoms with E-state index in [1.165, 1.54) is 0 Å². The lowest BCUT2D eigenvalue weighted by atomic mass is 9.99. The van der Waals surface area contributed by atoms with E-state index in [1.54, 1.807) is 0 Å². The van der Waals surface area contributed by atoms with Crippen molar-refractivity contribution in [1.82, 2.24) is 4.90 Å². The van der Waals surface area contributed by atoms with Gasteiger partial charge in [-0.3, -0.25) is 9.69 Å². The van der Waals surface area contributed by atoms with Gasteiger partial charge in [-0.15, -0.1) is 0 Å². The molecule has 0 aliphatic carbocycles. The number of ether oxygens (including phenoxy) is 2. The molecular weight excluding hydrogens is 194 g/mol. The Morgan fingerprint density at radius 2 is 2.20 bits per heavy atom. The zero-order valence-corrected chi connectivity index (χ0v) is 9.23. The van der Waals surface area contributed by atoms with Gasteiger partial charge in [-0.2, -0.15) is 0 Å². The van der Waals surface area contributed by atoms with Crippen LogP contribution in [0.5, 0.6) is 0 Å². The third-order valence-electron chi connectivity index (χ3n) is 3.54. The molecular formula is C11H17NO3. The topological polar surface area (TPSA) is 38.8 Å². The summed E-state index contributed by atoms with van der Waals surface area (Å²) in [4.78, 5) is 14.1. The fraction of sp³-hybridized carbons (Fsp3) is 0.909. The van der Waals surface area contributed by atoms with Gasteiger partial charge in [0.1, 0.15) is 12.2 Å². The Morgan fingerprint density at radius 3 is 3.00 bits per heavy atom. The van der Waals surface area contributed by atoms with Gasteiger partial charge in [0, 0.05) is 13.0 Å². The first-order valence-corrected chi connectivity index (χ1v) is 5.69. The normalized spacial score (nSPS) is 44.1. The molecule has 0 spiro atoms. The number of rotatable bonds is 0. The van der Waals surface area contributed by atoms with Crippen LogP contribution in [0.3, 0.4) is 0 Å². The molecule has 0 amide bonds. The van der Waals surface area contributed by atoms with Gasteiger partial charge < -0.3 is 9.47 Å². The van der Waals surface area contributed by atoms with Crippen molar-refractivity contribution in [2.75, 3.05) is 13.1 Å². The number of carbonyl (C=O) groups is 1. The summed E-state index contributed by atoms with van der Waals surface area (Å²) in [7, 11) is 0. The van der Waals surface area contributed by atoms with Crippen LogP contribution < -0.4 is 0 Å². The fourth-order valence-corrected chi connectivity index (χ4v) is 3.05. The van der Waals surface area contributed by atoms with Gasteiger partial charge >= 0.3 is 0 Å². The lowest BCUT2D eigenvalue weighted by Crippen LogP contribution is -2.47. The Balaban J connectivity index is 1.84. The van der Waals surface area contributed by atoms with Crippen LogP contribution >= 0.6 is 0 Å². The number of nitrogens with zero attached hydrogens (tertiary/aromatic N) is 1. The largest absolute Gasteiger partial charge is 0.343 e. The highest BCUT2D eigenvalue weighted by atomic mass is 16.8. The van der Waals surface area contributed by atoms with Crippen molar-refractivity contribution in [2.45, 2.75) is 50.7 Å². The van der Waals surface area contributed by atoms with Crippen LogP contribution in [0.25, 0.3) is 0 Å². The van der Waals surface area contributed by atoms with E-state index in [1.807, 2.05) is 13.8 Å². The third kappa shape index (κ3) is 1.43. The summed E-state index contributed by atoms with van der Waals surface area (Å²) in [6, 6.07) is -0.0366. The molecule has 0 unspecified atom stereocenters. The predicted molar refractivity (Wildman–Crippen MR) is 53.4 cm³/mol. The molecule has 0 N–H and O–H groups in total. The SMILES string of the molecule is CC1(C)O[C@H]2[C@H]3C(=O)CCCN3C[C@H]2O1. The van der Waals surface area contributed by atoms with E-state index in [-0.39, 0.29) is 18.2 Å². The second kappa shape index (κ2) is 3.03. The van der Waals surface area contributed by atoms with Crippen molar-refractivity contribution < 1.29 is 14.3 Å². The van der Waals surface area contributed by atoms with Crippen LogP contribution in [0.2, 0.25) is 0 Å². The molecule has 4 nitrogen and oxygen atoms in total. The van der Waals surface area contributed by atoms with Gasteiger partial charge in [-0.25, -0.2) is 0 Å². The average molecular weight is 211 g/mol. The highest BCUT2D eigenvalue weighted by Gasteiger charge is 2.55. The Kier molecular flexibility index (Phi) is 1.97. The second-order valence-electron chi connectivity index (χ2n) is 5.15. The lowest BCUT2D eigenvalue weighted by molar-refractivity contribution is -0.166. The van der Waals surface area contributed by atoms with E-state index in [9.17, 15) is 4.79 Å². The van der Waals surface area contributed by atoms with Crippen LogP contribution in [-0.2, 0) is 14.3 Å². The minimum Gasteiger partial charge on any atom is -0.343 e. The molecule has 0 aromatic carbocycles. The van der Waals surface area contributed by atoms with E-state index in [0.29, 0.717) is 12.2 Å². The van der Waals surface area contributed by atoms with Crippen LogP contribution in [0.1, 0.15) is 26.7 Å². The van der Waals surface area contributed by atoms with Crippen LogP contribution in [-0.4, -0.2) is 47.8 Å². The zero-order valence-electron chi connectivity index (χ0n) is 9.23. The Bertz CT molecular complexity index is 302. The molecule has 3 atom stereocenters. The molecule has 0 aromatic rings. The maximum Gasteiger partial charge on any atom is 0.163 e. The quantitative estimate of drug-likeness (QED) is 0.586.